The summed E-state index contributed by atoms with van der Waals surface area (Å²) in [6.07, 6.45) is 0.897. The number of nitrogens with zero attached hydrogens (tertiary/aromatic N) is 3. The van der Waals surface area contributed by atoms with E-state index in [9.17, 15) is 8.42 Å². The number of ether oxygens (including phenoxy) is 1. The molecule has 0 bridgehead atoms. The maximum Gasteiger partial charge on any atom is 0.216 e. The fraction of sp³-hybridized carbons (Fsp3) is 0.571. The fourth-order valence-corrected chi connectivity index (χ4v) is 4.89. The molecule has 3 rings (SSSR count). The molecule has 0 saturated carbocycles. The first-order chi connectivity index (χ1) is 14.4. The highest BCUT2D eigenvalue weighted by atomic mass is 127. The fourth-order valence-electron chi connectivity index (χ4n) is 3.61. The number of rotatable bonds is 8. The number of hydrogen-bond acceptors (Lipinski definition) is 4. The normalized spacial score (nSPS) is 16.0. The molecule has 1 fully saturated rings. The first-order valence-corrected chi connectivity index (χ1v) is 12.1. The van der Waals surface area contributed by atoms with Gasteiger partial charge in [0.15, 0.2) is 5.96 Å². The predicted molar refractivity (Wildman–Crippen MR) is 137 cm³/mol. The summed E-state index contributed by atoms with van der Waals surface area (Å²) in [7, 11) is -1.52. The number of fused-ring (bicyclic) bond motifs is 1. The third-order valence-electron chi connectivity index (χ3n) is 5.20. The van der Waals surface area contributed by atoms with Crippen molar-refractivity contribution in [2.24, 2.45) is 4.99 Å². The van der Waals surface area contributed by atoms with Gasteiger partial charge in [-0.3, -0.25) is 4.99 Å². The number of guanidine groups is 1. The summed E-state index contributed by atoms with van der Waals surface area (Å²) in [6.45, 7) is 6.97. The minimum Gasteiger partial charge on any atom is -0.378 e. The van der Waals surface area contributed by atoms with Crippen LogP contribution in [-0.2, 0) is 21.2 Å². The van der Waals surface area contributed by atoms with Gasteiger partial charge in [0, 0.05) is 57.4 Å². The van der Waals surface area contributed by atoms with Gasteiger partial charge in [-0.15, -0.1) is 24.0 Å². The second-order valence-corrected chi connectivity index (χ2v) is 9.82. The number of hydrogen-bond donors (Lipinski definition) is 2. The molecule has 0 spiro atoms. The molecule has 2 heterocycles. The van der Waals surface area contributed by atoms with E-state index >= 15 is 0 Å². The highest BCUT2D eigenvalue weighted by Gasteiger charge is 2.27. The van der Waals surface area contributed by atoms with Crippen LogP contribution in [0.4, 0.5) is 0 Å². The Kier molecular flexibility index (Phi) is 10.0. The lowest BCUT2D eigenvalue weighted by Crippen LogP contribution is -2.54. The van der Waals surface area contributed by atoms with Gasteiger partial charge in [-0.2, -0.15) is 4.31 Å². The quantitative estimate of drug-likeness (QED) is 0.292. The standard InChI is InChI=1S/C21H33N5O3S.HI/c1-17(2)29-14-15-30(27,28)26-12-10-25(11-13-26)21(22-3)23-9-8-19-16-18-6-4-5-7-20(18)24-19;/h4-7,16-17,24H,8-15H2,1-3H3,(H,22,23);1H. The van der Waals surface area contributed by atoms with Gasteiger partial charge in [0.05, 0.1) is 18.5 Å². The molecule has 0 unspecified atom stereocenters. The zero-order valence-electron chi connectivity index (χ0n) is 18.5. The predicted octanol–water partition coefficient (Wildman–Crippen LogP) is 2.28. The van der Waals surface area contributed by atoms with E-state index in [4.69, 9.17) is 4.74 Å². The second kappa shape index (κ2) is 12.0. The van der Waals surface area contributed by atoms with Gasteiger partial charge in [-0.25, -0.2) is 8.42 Å². The number of benzene rings is 1. The largest absolute Gasteiger partial charge is 0.378 e. The van der Waals surface area contributed by atoms with E-state index in [-0.39, 0.29) is 42.4 Å². The molecule has 0 atom stereocenters. The van der Waals surface area contributed by atoms with Crippen LogP contribution in [0, 0.1) is 0 Å². The molecule has 1 aliphatic rings. The van der Waals surface area contributed by atoms with Gasteiger partial charge in [0.25, 0.3) is 0 Å². The van der Waals surface area contributed by atoms with E-state index in [0.717, 1.165) is 24.4 Å². The van der Waals surface area contributed by atoms with Crippen molar-refractivity contribution in [3.63, 3.8) is 0 Å². The zero-order chi connectivity index (χ0) is 21.6. The van der Waals surface area contributed by atoms with Gasteiger partial charge in [-0.05, 0) is 31.4 Å². The SMILES string of the molecule is CN=C(NCCc1cc2ccccc2[nH]1)N1CCN(S(=O)(=O)CCOC(C)C)CC1.I. The van der Waals surface area contributed by atoms with E-state index in [1.807, 2.05) is 26.0 Å². The average molecular weight is 564 g/mol. The molecule has 1 aliphatic heterocycles. The van der Waals surface area contributed by atoms with E-state index in [0.29, 0.717) is 26.2 Å². The molecule has 0 radical (unpaired) electrons. The monoisotopic (exact) mass is 563 g/mol. The van der Waals surface area contributed by atoms with Crippen molar-refractivity contribution < 1.29 is 13.2 Å². The smallest absolute Gasteiger partial charge is 0.216 e. The third-order valence-corrected chi connectivity index (χ3v) is 7.03. The summed E-state index contributed by atoms with van der Waals surface area (Å²) < 4.78 is 31.9. The van der Waals surface area contributed by atoms with Gasteiger partial charge < -0.3 is 19.9 Å². The first kappa shape index (κ1) is 25.9. The number of aromatic amines is 1. The summed E-state index contributed by atoms with van der Waals surface area (Å²) in [5, 5.41) is 4.62. The molecule has 8 nitrogen and oxygen atoms in total. The number of H-pyrrole nitrogens is 1. The van der Waals surface area contributed by atoms with Crippen molar-refractivity contribution in [3.8, 4) is 0 Å². The molecule has 1 saturated heterocycles. The Bertz CT molecular complexity index is 920. The number of aliphatic imine (C=N–C) groups is 1. The summed E-state index contributed by atoms with van der Waals surface area (Å²) in [5.74, 6) is 0.842. The number of aromatic nitrogens is 1. The Hall–Kier alpha value is -1.37. The first-order valence-electron chi connectivity index (χ1n) is 10.5. The van der Waals surface area contributed by atoms with E-state index in [1.54, 1.807) is 11.4 Å². The molecule has 31 heavy (non-hydrogen) atoms. The van der Waals surface area contributed by atoms with Crippen LogP contribution in [0.1, 0.15) is 19.5 Å². The molecule has 174 valence electrons. The molecule has 1 aromatic carbocycles. The van der Waals surface area contributed by atoms with E-state index < -0.39 is 10.0 Å². The Labute approximate surface area is 202 Å². The van der Waals surface area contributed by atoms with Gasteiger partial charge in [0.2, 0.25) is 10.0 Å². The van der Waals surface area contributed by atoms with Crippen molar-refractivity contribution in [1.82, 2.24) is 19.5 Å². The number of halogens is 1. The Morgan fingerprint density at radius 2 is 1.94 bits per heavy atom. The number of para-hydroxylation sites is 1. The van der Waals surface area contributed by atoms with Crippen molar-refractivity contribution >= 4 is 50.9 Å². The topological polar surface area (TPSA) is 90.0 Å². The van der Waals surface area contributed by atoms with Gasteiger partial charge in [0.1, 0.15) is 0 Å². The van der Waals surface area contributed by atoms with Crippen molar-refractivity contribution in [1.29, 1.82) is 0 Å². The molecule has 10 heteroatoms. The minimum atomic E-state index is -3.28. The summed E-state index contributed by atoms with van der Waals surface area (Å²) in [6, 6.07) is 10.4. The van der Waals surface area contributed by atoms with Crippen LogP contribution in [0.25, 0.3) is 10.9 Å². The van der Waals surface area contributed by atoms with Crippen LogP contribution >= 0.6 is 24.0 Å². The zero-order valence-corrected chi connectivity index (χ0v) is 21.7. The van der Waals surface area contributed by atoms with Crippen molar-refractivity contribution in [3.05, 3.63) is 36.0 Å². The lowest BCUT2D eigenvalue weighted by molar-refractivity contribution is 0.0904. The lowest BCUT2D eigenvalue weighted by Gasteiger charge is -2.35. The van der Waals surface area contributed by atoms with Crippen LogP contribution in [0.3, 0.4) is 0 Å². The Morgan fingerprint density at radius 1 is 1.23 bits per heavy atom. The van der Waals surface area contributed by atoms with Crippen LogP contribution < -0.4 is 5.32 Å². The number of sulfonamides is 1. The molecular weight excluding hydrogens is 529 g/mol. The highest BCUT2D eigenvalue weighted by Crippen LogP contribution is 2.15. The van der Waals surface area contributed by atoms with Crippen LogP contribution in [0.15, 0.2) is 35.3 Å². The highest BCUT2D eigenvalue weighted by molar-refractivity contribution is 14.0. The third kappa shape index (κ3) is 7.33. The van der Waals surface area contributed by atoms with E-state index in [2.05, 4.69) is 38.4 Å². The van der Waals surface area contributed by atoms with Crippen LogP contribution in [0.5, 0.6) is 0 Å². The Balaban J connectivity index is 0.00000341. The van der Waals surface area contributed by atoms with E-state index in [1.165, 1.54) is 11.1 Å². The molecule has 2 N–H and O–H groups in total. The lowest BCUT2D eigenvalue weighted by atomic mass is 10.2. The number of nitrogens with one attached hydrogen (secondary N) is 2. The summed E-state index contributed by atoms with van der Waals surface area (Å²) in [5.41, 5.74) is 2.33. The molecule has 1 aromatic heterocycles. The number of piperazine rings is 1. The van der Waals surface area contributed by atoms with Crippen molar-refractivity contribution in [2.45, 2.75) is 26.4 Å². The average Bonchev–Trinajstić information content (AvgIpc) is 3.14. The van der Waals surface area contributed by atoms with Crippen LogP contribution in [0.2, 0.25) is 0 Å². The Morgan fingerprint density at radius 3 is 2.58 bits per heavy atom. The molecule has 2 aromatic rings. The molecule has 0 amide bonds. The van der Waals surface area contributed by atoms with Gasteiger partial charge >= 0.3 is 0 Å². The maximum atomic E-state index is 12.5. The minimum absolute atomic E-state index is 0. The summed E-state index contributed by atoms with van der Waals surface area (Å²) in [4.78, 5) is 9.92. The molecular formula is C21H34IN5O3S. The maximum absolute atomic E-state index is 12.5. The second-order valence-electron chi connectivity index (χ2n) is 7.73. The van der Waals surface area contributed by atoms with Crippen LogP contribution in [-0.4, -0.2) is 86.8 Å². The van der Waals surface area contributed by atoms with Gasteiger partial charge in [-0.1, -0.05) is 18.2 Å². The summed E-state index contributed by atoms with van der Waals surface area (Å²) >= 11 is 0. The van der Waals surface area contributed by atoms with Crippen molar-refractivity contribution in [2.75, 3.05) is 52.1 Å². The molecule has 0 aliphatic carbocycles.